The zero-order valence-corrected chi connectivity index (χ0v) is 16.2. The van der Waals surface area contributed by atoms with Crippen LogP contribution in [0.5, 0.6) is 11.5 Å². The predicted octanol–water partition coefficient (Wildman–Crippen LogP) is 2.62. The minimum atomic E-state index is -0.154. The summed E-state index contributed by atoms with van der Waals surface area (Å²) in [5.74, 6) is 1.31. The van der Waals surface area contributed by atoms with Crippen LogP contribution in [0.4, 0.5) is 5.69 Å². The molecule has 0 fully saturated rings. The van der Waals surface area contributed by atoms with Gasteiger partial charge in [0.05, 0.1) is 20.8 Å². The Morgan fingerprint density at radius 1 is 1.12 bits per heavy atom. The molecule has 0 aromatic heterocycles. The first-order valence-electron chi connectivity index (χ1n) is 7.86. The number of aliphatic imine (C=N–C) groups is 1. The molecule has 0 bridgehead atoms. The van der Waals surface area contributed by atoms with E-state index in [0.717, 1.165) is 10.2 Å². The Balaban J connectivity index is 1.83. The third-order valence-electron chi connectivity index (χ3n) is 3.44. The Labute approximate surface area is 160 Å². The van der Waals surface area contributed by atoms with Crippen molar-refractivity contribution in [3.63, 3.8) is 0 Å². The molecule has 138 valence electrons. The van der Waals surface area contributed by atoms with Crippen LogP contribution in [0.15, 0.2) is 51.9 Å². The van der Waals surface area contributed by atoms with Crippen LogP contribution >= 0.6 is 15.9 Å². The van der Waals surface area contributed by atoms with Crippen molar-refractivity contribution in [3.8, 4) is 11.5 Å². The van der Waals surface area contributed by atoms with Gasteiger partial charge in [0, 0.05) is 28.3 Å². The normalized spacial score (nSPS) is 11.0. The van der Waals surface area contributed by atoms with Crippen molar-refractivity contribution in [1.82, 2.24) is 5.32 Å². The van der Waals surface area contributed by atoms with Gasteiger partial charge < -0.3 is 25.8 Å². The fourth-order valence-electron chi connectivity index (χ4n) is 2.15. The van der Waals surface area contributed by atoms with Gasteiger partial charge in [0.1, 0.15) is 0 Å². The quantitative estimate of drug-likeness (QED) is 0.363. The molecule has 8 heteroatoms. The number of guanidine groups is 1. The first-order chi connectivity index (χ1) is 12.5. The molecular weight excluding hydrogens is 400 g/mol. The highest BCUT2D eigenvalue weighted by Gasteiger charge is 2.06. The number of rotatable bonds is 7. The molecule has 0 aliphatic heterocycles. The van der Waals surface area contributed by atoms with Crippen LogP contribution in [-0.2, 0) is 0 Å². The summed E-state index contributed by atoms with van der Waals surface area (Å²) in [5.41, 5.74) is 7.18. The Kier molecular flexibility index (Phi) is 7.28. The van der Waals surface area contributed by atoms with Gasteiger partial charge in [-0.1, -0.05) is 15.9 Å². The molecule has 0 unspecified atom stereocenters. The zero-order valence-electron chi connectivity index (χ0n) is 14.6. The lowest BCUT2D eigenvalue weighted by molar-refractivity contribution is 0.0955. The van der Waals surface area contributed by atoms with Gasteiger partial charge in [-0.05, 0) is 36.4 Å². The van der Waals surface area contributed by atoms with E-state index in [4.69, 9.17) is 15.2 Å². The lowest BCUT2D eigenvalue weighted by Gasteiger charge is -2.11. The zero-order chi connectivity index (χ0) is 18.9. The molecule has 0 heterocycles. The van der Waals surface area contributed by atoms with Crippen molar-refractivity contribution in [1.29, 1.82) is 0 Å². The molecule has 26 heavy (non-hydrogen) atoms. The van der Waals surface area contributed by atoms with Gasteiger partial charge in [0.25, 0.3) is 5.91 Å². The molecule has 0 atom stereocenters. The molecule has 0 spiro atoms. The van der Waals surface area contributed by atoms with Gasteiger partial charge in [-0.2, -0.15) is 0 Å². The van der Waals surface area contributed by atoms with Crippen LogP contribution in [0.3, 0.4) is 0 Å². The Bertz CT molecular complexity index is 779. The van der Waals surface area contributed by atoms with Gasteiger partial charge in [0.2, 0.25) is 0 Å². The maximum atomic E-state index is 12.0. The van der Waals surface area contributed by atoms with Crippen molar-refractivity contribution in [2.24, 2.45) is 10.7 Å². The lowest BCUT2D eigenvalue weighted by Crippen LogP contribution is -2.28. The molecule has 2 rings (SSSR count). The number of halogens is 1. The fraction of sp³-hybridized carbons (Fsp3) is 0.222. The number of benzene rings is 2. The van der Waals surface area contributed by atoms with Gasteiger partial charge in [0.15, 0.2) is 17.5 Å². The summed E-state index contributed by atoms with van der Waals surface area (Å²) >= 11 is 3.33. The number of nitrogens with zero attached hydrogens (tertiary/aromatic N) is 1. The monoisotopic (exact) mass is 420 g/mol. The number of amides is 1. The predicted molar refractivity (Wildman–Crippen MR) is 106 cm³/mol. The summed E-state index contributed by atoms with van der Waals surface area (Å²) < 4.78 is 11.3. The molecule has 1 amide bonds. The first-order valence-corrected chi connectivity index (χ1v) is 8.65. The second kappa shape index (κ2) is 9.67. The van der Waals surface area contributed by atoms with E-state index in [9.17, 15) is 4.79 Å². The third-order valence-corrected chi connectivity index (χ3v) is 3.97. The van der Waals surface area contributed by atoms with Crippen LogP contribution in [-0.4, -0.2) is 39.2 Å². The molecule has 4 N–H and O–H groups in total. The van der Waals surface area contributed by atoms with E-state index >= 15 is 0 Å². The highest BCUT2D eigenvalue weighted by atomic mass is 79.9. The lowest BCUT2D eigenvalue weighted by atomic mass is 10.2. The highest BCUT2D eigenvalue weighted by molar-refractivity contribution is 9.10. The van der Waals surface area contributed by atoms with Gasteiger partial charge in [-0.25, -0.2) is 0 Å². The largest absolute Gasteiger partial charge is 0.493 e. The van der Waals surface area contributed by atoms with Gasteiger partial charge >= 0.3 is 0 Å². The van der Waals surface area contributed by atoms with Crippen LogP contribution in [0.25, 0.3) is 0 Å². The summed E-state index contributed by atoms with van der Waals surface area (Å²) in [7, 11) is 3.14. The number of hydrogen-bond acceptors (Lipinski definition) is 4. The van der Waals surface area contributed by atoms with E-state index in [-0.39, 0.29) is 11.9 Å². The van der Waals surface area contributed by atoms with E-state index in [1.54, 1.807) is 44.6 Å². The van der Waals surface area contributed by atoms with Crippen molar-refractivity contribution in [2.75, 3.05) is 32.6 Å². The van der Waals surface area contributed by atoms with Crippen LogP contribution < -0.4 is 25.8 Å². The minimum Gasteiger partial charge on any atom is -0.493 e. The minimum absolute atomic E-state index is 0.154. The smallest absolute Gasteiger partial charge is 0.251 e. The maximum absolute atomic E-state index is 12.0. The molecule has 0 saturated carbocycles. The summed E-state index contributed by atoms with van der Waals surface area (Å²) in [5, 5.41) is 5.76. The third kappa shape index (κ3) is 5.66. The van der Waals surface area contributed by atoms with Gasteiger partial charge in [-0.15, -0.1) is 0 Å². The molecule has 0 aliphatic rings. The molecule has 2 aromatic carbocycles. The number of carbonyl (C=O) groups is 1. The number of methoxy groups -OCH3 is 2. The van der Waals surface area contributed by atoms with Gasteiger partial charge in [-0.3, -0.25) is 9.79 Å². The fourth-order valence-corrected chi connectivity index (χ4v) is 2.41. The molecule has 0 aliphatic carbocycles. The van der Waals surface area contributed by atoms with E-state index < -0.39 is 0 Å². The Hall–Kier alpha value is -2.74. The number of anilines is 1. The second-order valence-electron chi connectivity index (χ2n) is 5.22. The molecular formula is C18H21BrN4O3. The SMILES string of the molecule is COc1ccc(NC(N)=NCCNC(=O)c2ccc(Br)cc2)cc1OC. The second-order valence-corrected chi connectivity index (χ2v) is 6.14. The van der Waals surface area contributed by atoms with Crippen molar-refractivity contribution >= 4 is 33.5 Å². The summed E-state index contributed by atoms with van der Waals surface area (Å²) in [6, 6.07) is 12.5. The standard InChI is InChI=1S/C18H21BrN4O3/c1-25-15-8-7-14(11-16(15)26-2)23-18(20)22-10-9-21-17(24)12-3-5-13(19)6-4-12/h3-8,11H,9-10H2,1-2H3,(H,21,24)(H3,20,22,23). The van der Waals surface area contributed by atoms with E-state index in [2.05, 4.69) is 31.6 Å². The van der Waals surface area contributed by atoms with Crippen LogP contribution in [0.2, 0.25) is 0 Å². The first kappa shape index (κ1) is 19.6. The Morgan fingerprint density at radius 3 is 2.46 bits per heavy atom. The average Bonchev–Trinajstić information content (AvgIpc) is 2.65. The van der Waals surface area contributed by atoms with Crippen LogP contribution in [0.1, 0.15) is 10.4 Å². The number of nitrogens with two attached hydrogens (primary N) is 1. The van der Waals surface area contributed by atoms with E-state index in [1.165, 1.54) is 0 Å². The average molecular weight is 421 g/mol. The summed E-state index contributed by atoms with van der Waals surface area (Å²) in [4.78, 5) is 16.2. The molecule has 2 aromatic rings. The molecule has 0 saturated heterocycles. The highest BCUT2D eigenvalue weighted by Crippen LogP contribution is 2.29. The van der Waals surface area contributed by atoms with E-state index in [0.29, 0.717) is 30.2 Å². The summed E-state index contributed by atoms with van der Waals surface area (Å²) in [6.45, 7) is 0.734. The molecule has 7 nitrogen and oxygen atoms in total. The number of carbonyl (C=O) groups excluding carboxylic acids is 1. The number of nitrogens with one attached hydrogen (secondary N) is 2. The topological polar surface area (TPSA) is 98.0 Å². The van der Waals surface area contributed by atoms with Crippen molar-refractivity contribution in [2.45, 2.75) is 0 Å². The van der Waals surface area contributed by atoms with E-state index in [1.807, 2.05) is 12.1 Å². The van der Waals surface area contributed by atoms with Crippen molar-refractivity contribution in [3.05, 3.63) is 52.5 Å². The van der Waals surface area contributed by atoms with Crippen molar-refractivity contribution < 1.29 is 14.3 Å². The maximum Gasteiger partial charge on any atom is 0.251 e. The molecule has 0 radical (unpaired) electrons. The summed E-state index contributed by atoms with van der Waals surface area (Å²) in [6.07, 6.45) is 0. The number of hydrogen-bond donors (Lipinski definition) is 3. The Morgan fingerprint density at radius 2 is 1.81 bits per heavy atom. The number of ether oxygens (including phenoxy) is 2. The van der Waals surface area contributed by atoms with Crippen LogP contribution in [0, 0.1) is 0 Å².